The van der Waals surface area contributed by atoms with E-state index in [1.165, 1.54) is 6.92 Å². The highest BCUT2D eigenvalue weighted by atomic mass is 16.7. The minimum absolute atomic E-state index is 0.538. The predicted molar refractivity (Wildman–Crippen MR) is 154 cm³/mol. The molecule has 0 aliphatic carbocycles. The van der Waals surface area contributed by atoms with Crippen LogP contribution in [-0.4, -0.2) is 180 Å². The second-order valence-electron chi connectivity index (χ2n) is 11.8. The van der Waals surface area contributed by atoms with E-state index in [-0.39, 0.29) is 0 Å². The first-order valence-corrected chi connectivity index (χ1v) is 14.9. The van der Waals surface area contributed by atoms with Gasteiger partial charge < -0.3 is 91.7 Å². The molecule has 22 heteroatoms. The van der Waals surface area contributed by atoms with Crippen LogP contribution >= 0.6 is 0 Å². The Kier molecular flexibility index (Phi) is 13.4. The Labute approximate surface area is 273 Å². The van der Waals surface area contributed by atoms with E-state index >= 15 is 0 Å². The number of carboxylic acid groups (broad SMARTS) is 1. The maximum atomic E-state index is 12.4. The molecule has 0 saturated carbocycles. The molecule has 3 aliphatic heterocycles. The highest BCUT2D eigenvalue weighted by Crippen LogP contribution is 2.35. The Bertz CT molecular complexity index is 1160. The molecular weight excluding hydrogens is 654 g/mol. The monoisotopic (exact) mass is 699 g/mol. The molecule has 3 heterocycles. The second kappa shape index (κ2) is 16.2. The van der Waals surface area contributed by atoms with Gasteiger partial charge in [-0.05, 0) is 6.92 Å². The van der Waals surface area contributed by atoms with E-state index in [2.05, 4.69) is 15.6 Å². The number of hydrogen-bond acceptors (Lipinski definition) is 17. The summed E-state index contributed by atoms with van der Waals surface area (Å²) >= 11 is 0. The molecule has 1 unspecified atom stereocenters. The number of carbonyl (C=O) groups excluding carboxylic acids is 2. The van der Waals surface area contributed by atoms with E-state index in [1.54, 1.807) is 0 Å². The standard InChI is InChI=1S/C26H45N5O17/c1-7-16(38)18(40)14(31-25(27)28)22(44-7)47-20-15(30-9(3)35)23(45-12(6-33)17(20)39)46-19(11(37)5-32)21-13(29-8(2)34)10(36)4-26(43,48-21)24(41)42/h7,10-23,32-33,36-40,43H,4-6H2,1-3H3,(H,29,34)(H,30,35)(H,41,42)(H4,27,28,31)/t7-,10-,11+,12+,13+,14-,15+,16+,17+,18-,19+,20+,21+,22-,23-,26?/m0/s1. The molecule has 0 aromatic carbocycles. The Morgan fingerprint density at radius 2 is 1.58 bits per heavy atom. The number of ether oxygens (including phenoxy) is 5. The highest BCUT2D eigenvalue weighted by molar-refractivity contribution is 5.76. The number of amides is 2. The first-order chi connectivity index (χ1) is 22.3. The fourth-order valence-corrected chi connectivity index (χ4v) is 5.77. The van der Waals surface area contributed by atoms with Crippen LogP contribution in [0.1, 0.15) is 27.2 Å². The smallest absolute Gasteiger partial charge is 0.364 e. The van der Waals surface area contributed by atoms with Crippen LogP contribution < -0.4 is 22.1 Å². The number of nitrogens with one attached hydrogen (secondary N) is 2. The zero-order chi connectivity index (χ0) is 36.2. The number of aliphatic imine (C=N–C) groups is 1. The van der Waals surface area contributed by atoms with E-state index in [9.17, 15) is 60.3 Å². The summed E-state index contributed by atoms with van der Waals surface area (Å²) in [5.74, 6) is -7.08. The van der Waals surface area contributed by atoms with E-state index < -0.39 is 141 Å². The number of aliphatic carboxylic acids is 1. The maximum Gasteiger partial charge on any atom is 0.364 e. The summed E-state index contributed by atoms with van der Waals surface area (Å²) in [5.41, 5.74) is 11.0. The Morgan fingerprint density at radius 1 is 0.979 bits per heavy atom. The summed E-state index contributed by atoms with van der Waals surface area (Å²) in [6, 6.07) is -4.68. The molecule has 15 N–H and O–H groups in total. The van der Waals surface area contributed by atoms with Crippen molar-refractivity contribution in [1.29, 1.82) is 0 Å². The fraction of sp³-hybridized carbons (Fsp3) is 0.846. The summed E-state index contributed by atoms with van der Waals surface area (Å²) in [6.45, 7) is 1.48. The lowest BCUT2D eigenvalue weighted by molar-refractivity contribution is -0.348. The van der Waals surface area contributed by atoms with Gasteiger partial charge in [-0.1, -0.05) is 0 Å². The van der Waals surface area contributed by atoms with Gasteiger partial charge in [-0.3, -0.25) is 9.59 Å². The molecule has 0 spiro atoms. The molecule has 3 saturated heterocycles. The van der Waals surface area contributed by atoms with Crippen LogP contribution in [0.15, 0.2) is 4.99 Å². The summed E-state index contributed by atoms with van der Waals surface area (Å²) in [5, 5.41) is 98.9. The van der Waals surface area contributed by atoms with Crippen LogP contribution in [0.2, 0.25) is 0 Å². The van der Waals surface area contributed by atoms with Crippen molar-refractivity contribution in [2.75, 3.05) is 13.2 Å². The van der Waals surface area contributed by atoms with Gasteiger partial charge in [-0.2, -0.15) is 0 Å². The zero-order valence-corrected chi connectivity index (χ0v) is 26.2. The Balaban J connectivity index is 2.08. The first kappa shape index (κ1) is 39.6. The van der Waals surface area contributed by atoms with Crippen molar-refractivity contribution >= 4 is 23.7 Å². The topological polar surface area (TPSA) is 368 Å². The molecule has 0 radical (unpaired) electrons. The van der Waals surface area contributed by atoms with Gasteiger partial charge >= 0.3 is 5.97 Å². The molecule has 3 fully saturated rings. The molecular formula is C26H45N5O17. The molecule has 3 aliphatic rings. The highest BCUT2D eigenvalue weighted by Gasteiger charge is 2.57. The quantitative estimate of drug-likeness (QED) is 0.0664. The van der Waals surface area contributed by atoms with Gasteiger partial charge in [0.15, 0.2) is 18.5 Å². The van der Waals surface area contributed by atoms with Gasteiger partial charge in [0, 0.05) is 20.3 Å². The summed E-state index contributed by atoms with van der Waals surface area (Å²) in [7, 11) is 0. The summed E-state index contributed by atoms with van der Waals surface area (Å²) in [6.07, 6.45) is -21.5. The van der Waals surface area contributed by atoms with Crippen LogP contribution in [-0.2, 0) is 38.1 Å². The minimum Gasteiger partial charge on any atom is -0.477 e. The number of aliphatic hydroxyl groups excluding tert-OH is 7. The molecule has 48 heavy (non-hydrogen) atoms. The minimum atomic E-state index is -3.07. The van der Waals surface area contributed by atoms with E-state index in [0.717, 1.165) is 13.8 Å². The van der Waals surface area contributed by atoms with Crippen molar-refractivity contribution in [2.24, 2.45) is 16.5 Å². The second-order valence-corrected chi connectivity index (χ2v) is 11.8. The molecule has 16 atom stereocenters. The number of nitrogens with two attached hydrogens (primary N) is 2. The van der Waals surface area contributed by atoms with Crippen molar-refractivity contribution in [3.63, 3.8) is 0 Å². The van der Waals surface area contributed by atoms with Crippen molar-refractivity contribution < 1.29 is 84.0 Å². The van der Waals surface area contributed by atoms with E-state index in [1.807, 2.05) is 0 Å². The number of nitrogens with zero attached hydrogens (tertiary/aromatic N) is 1. The molecule has 0 aromatic heterocycles. The third kappa shape index (κ3) is 8.84. The van der Waals surface area contributed by atoms with E-state index in [0.29, 0.717) is 0 Å². The lowest BCUT2D eigenvalue weighted by Gasteiger charge is -2.50. The number of guanidine groups is 1. The normalized spacial score (nSPS) is 41.4. The van der Waals surface area contributed by atoms with Crippen LogP contribution in [0.3, 0.4) is 0 Å². The first-order valence-electron chi connectivity index (χ1n) is 14.9. The third-order valence-electron chi connectivity index (χ3n) is 8.09. The van der Waals surface area contributed by atoms with Gasteiger partial charge in [0.1, 0.15) is 60.9 Å². The summed E-state index contributed by atoms with van der Waals surface area (Å²) in [4.78, 5) is 40.2. The predicted octanol–water partition coefficient (Wildman–Crippen LogP) is -7.77. The van der Waals surface area contributed by atoms with Crippen LogP contribution in [0.5, 0.6) is 0 Å². The molecule has 2 amide bonds. The average molecular weight is 700 g/mol. The largest absolute Gasteiger partial charge is 0.477 e. The van der Waals surface area contributed by atoms with Crippen molar-refractivity contribution in [1.82, 2.24) is 10.6 Å². The summed E-state index contributed by atoms with van der Waals surface area (Å²) < 4.78 is 28.7. The third-order valence-corrected chi connectivity index (χ3v) is 8.09. The van der Waals surface area contributed by atoms with E-state index in [4.69, 9.17) is 35.2 Å². The lowest BCUT2D eigenvalue weighted by Crippen LogP contribution is -2.71. The van der Waals surface area contributed by atoms with Crippen molar-refractivity contribution in [2.45, 2.75) is 125 Å². The molecule has 22 nitrogen and oxygen atoms in total. The van der Waals surface area contributed by atoms with Gasteiger partial charge in [0.05, 0.1) is 31.5 Å². The fourth-order valence-electron chi connectivity index (χ4n) is 5.77. The Hall–Kier alpha value is -2.84. The average Bonchev–Trinajstić information content (AvgIpc) is 2.99. The van der Waals surface area contributed by atoms with Crippen LogP contribution in [0.4, 0.5) is 0 Å². The molecule has 276 valence electrons. The molecule has 0 aromatic rings. The lowest BCUT2D eigenvalue weighted by atomic mass is 9.88. The number of carboxylic acids is 1. The zero-order valence-electron chi connectivity index (χ0n) is 26.2. The Morgan fingerprint density at radius 3 is 2.10 bits per heavy atom. The SMILES string of the molecule is CC(=O)N[C@H]1[C@H](O[C@@H]([C@@H]2OC(O)(C(=O)O)C[C@H](O)[C@H]2NC(C)=O)[C@H](O)CO)O[C@H](CO)[C@@H](O)[C@@H]1O[C@@H]1O[C@@H](C)[C@@H](O)[C@@H](O)[C@@H]1N=C(N)N. The number of carbonyl (C=O) groups is 3. The van der Waals surface area contributed by atoms with Crippen LogP contribution in [0, 0.1) is 0 Å². The van der Waals surface area contributed by atoms with Crippen molar-refractivity contribution in [3.8, 4) is 0 Å². The number of rotatable bonds is 12. The maximum absolute atomic E-state index is 12.4. The number of hydrogen-bond donors (Lipinski definition) is 13. The van der Waals surface area contributed by atoms with Crippen LogP contribution in [0.25, 0.3) is 0 Å². The van der Waals surface area contributed by atoms with Gasteiger partial charge in [0.2, 0.25) is 11.8 Å². The van der Waals surface area contributed by atoms with Gasteiger partial charge in [-0.25, -0.2) is 9.79 Å². The van der Waals surface area contributed by atoms with Gasteiger partial charge in [-0.15, -0.1) is 0 Å². The van der Waals surface area contributed by atoms with Crippen molar-refractivity contribution in [3.05, 3.63) is 0 Å². The molecule has 3 rings (SSSR count). The van der Waals surface area contributed by atoms with Gasteiger partial charge in [0.25, 0.3) is 5.79 Å². The number of aliphatic hydroxyl groups is 8. The molecule has 0 bridgehead atoms.